The Kier molecular flexibility index (Phi) is 2.21. The summed E-state index contributed by atoms with van der Waals surface area (Å²) in [5, 5.41) is 9.36. The first-order valence-corrected chi connectivity index (χ1v) is 3.76. The Morgan fingerprint density at radius 3 is 2.90 bits per heavy atom. The number of halogens is 2. The fraction of sp³-hybridized carbons (Fsp3) is 0.167. The van der Waals surface area contributed by atoms with E-state index in [1.54, 1.807) is 6.07 Å². The minimum atomic E-state index is -0.822. The molecular formula is C6H5BrFNO. The third kappa shape index (κ3) is 1.26. The van der Waals surface area contributed by atoms with Crippen LogP contribution in [0, 0.1) is 5.95 Å². The van der Waals surface area contributed by atoms with Gasteiger partial charge in [0.05, 0.1) is 0 Å². The number of hydrogen-bond acceptors (Lipinski definition) is 2. The van der Waals surface area contributed by atoms with Crippen molar-refractivity contribution in [1.29, 1.82) is 0 Å². The van der Waals surface area contributed by atoms with Crippen LogP contribution < -0.4 is 0 Å². The van der Waals surface area contributed by atoms with Gasteiger partial charge in [-0.1, -0.05) is 15.9 Å². The van der Waals surface area contributed by atoms with Crippen LogP contribution in [0.15, 0.2) is 12.3 Å². The van der Waals surface area contributed by atoms with Crippen molar-refractivity contribution in [2.75, 3.05) is 0 Å². The zero-order valence-electron chi connectivity index (χ0n) is 5.01. The Morgan fingerprint density at radius 1 is 1.70 bits per heavy atom. The zero-order valence-corrected chi connectivity index (χ0v) is 6.60. The predicted molar refractivity (Wildman–Crippen MR) is 38.5 cm³/mol. The summed E-state index contributed by atoms with van der Waals surface area (Å²) < 4.78 is 12.4. The van der Waals surface area contributed by atoms with Gasteiger partial charge >= 0.3 is 0 Å². The zero-order chi connectivity index (χ0) is 7.56. The van der Waals surface area contributed by atoms with Crippen molar-refractivity contribution in [2.45, 2.75) is 5.33 Å². The second kappa shape index (κ2) is 2.96. The molecule has 0 aliphatic rings. The fourth-order valence-electron chi connectivity index (χ4n) is 0.573. The van der Waals surface area contributed by atoms with Crippen LogP contribution in [0.4, 0.5) is 4.39 Å². The first-order chi connectivity index (χ1) is 4.75. The third-order valence-electron chi connectivity index (χ3n) is 1.11. The van der Waals surface area contributed by atoms with Crippen LogP contribution in [0.2, 0.25) is 0 Å². The average Bonchev–Trinajstić information content (AvgIpc) is 1.95. The lowest BCUT2D eigenvalue weighted by Gasteiger charge is -1.98. The molecule has 0 aromatic carbocycles. The van der Waals surface area contributed by atoms with Crippen molar-refractivity contribution in [3.05, 3.63) is 23.8 Å². The molecule has 0 saturated carbocycles. The maximum atomic E-state index is 12.4. The SMILES string of the molecule is Oc1c(CBr)ccnc1F. The Bertz CT molecular complexity index is 241. The fourth-order valence-corrected chi connectivity index (χ4v) is 1.03. The van der Waals surface area contributed by atoms with Gasteiger partial charge in [-0.3, -0.25) is 0 Å². The standard InChI is InChI=1S/C6H5BrFNO/c7-3-4-1-2-9-6(8)5(4)10/h1-2,10H,3H2. The predicted octanol–water partition coefficient (Wildman–Crippen LogP) is 1.82. The summed E-state index contributed by atoms with van der Waals surface area (Å²) in [6, 6.07) is 1.55. The highest BCUT2D eigenvalue weighted by Crippen LogP contribution is 2.20. The smallest absolute Gasteiger partial charge is 0.255 e. The molecule has 1 N–H and O–H groups in total. The highest BCUT2D eigenvalue weighted by molar-refractivity contribution is 9.08. The molecular weight excluding hydrogens is 201 g/mol. The van der Waals surface area contributed by atoms with Crippen LogP contribution in [0.25, 0.3) is 0 Å². The molecule has 1 rings (SSSR count). The van der Waals surface area contributed by atoms with Gasteiger partial charge in [-0.05, 0) is 6.07 Å². The van der Waals surface area contributed by atoms with E-state index < -0.39 is 5.95 Å². The summed E-state index contributed by atoms with van der Waals surface area (Å²) in [5.74, 6) is -1.20. The Balaban J connectivity index is 3.14. The number of nitrogens with zero attached hydrogens (tertiary/aromatic N) is 1. The van der Waals surface area contributed by atoms with Gasteiger partial charge in [-0.15, -0.1) is 0 Å². The molecule has 10 heavy (non-hydrogen) atoms. The monoisotopic (exact) mass is 205 g/mol. The lowest BCUT2D eigenvalue weighted by molar-refractivity contribution is 0.415. The van der Waals surface area contributed by atoms with Gasteiger partial charge in [0.25, 0.3) is 5.95 Å². The van der Waals surface area contributed by atoms with E-state index in [-0.39, 0.29) is 5.75 Å². The van der Waals surface area contributed by atoms with Crippen molar-refractivity contribution in [1.82, 2.24) is 4.98 Å². The number of aromatic hydroxyl groups is 1. The van der Waals surface area contributed by atoms with Crippen LogP contribution in [-0.4, -0.2) is 10.1 Å². The van der Waals surface area contributed by atoms with Crippen LogP contribution >= 0.6 is 15.9 Å². The number of rotatable bonds is 1. The molecule has 0 amide bonds. The molecule has 0 aliphatic heterocycles. The molecule has 54 valence electrons. The maximum Gasteiger partial charge on any atom is 0.255 e. The number of pyridine rings is 1. The van der Waals surface area contributed by atoms with E-state index in [2.05, 4.69) is 20.9 Å². The average molecular weight is 206 g/mol. The van der Waals surface area contributed by atoms with E-state index in [1.807, 2.05) is 0 Å². The molecule has 0 radical (unpaired) electrons. The molecule has 0 atom stereocenters. The minimum Gasteiger partial charge on any atom is -0.503 e. The van der Waals surface area contributed by atoms with Crippen molar-refractivity contribution >= 4 is 15.9 Å². The van der Waals surface area contributed by atoms with E-state index in [4.69, 9.17) is 5.11 Å². The quantitative estimate of drug-likeness (QED) is 0.561. The topological polar surface area (TPSA) is 33.1 Å². The van der Waals surface area contributed by atoms with Gasteiger partial charge < -0.3 is 5.11 Å². The van der Waals surface area contributed by atoms with E-state index in [0.29, 0.717) is 10.9 Å². The Morgan fingerprint density at radius 2 is 2.40 bits per heavy atom. The largest absolute Gasteiger partial charge is 0.503 e. The van der Waals surface area contributed by atoms with Gasteiger partial charge in [-0.2, -0.15) is 4.39 Å². The first kappa shape index (κ1) is 7.47. The molecule has 0 spiro atoms. The second-order valence-corrected chi connectivity index (χ2v) is 2.30. The molecule has 0 aliphatic carbocycles. The normalized spacial score (nSPS) is 9.80. The van der Waals surface area contributed by atoms with Crippen LogP contribution in [-0.2, 0) is 5.33 Å². The second-order valence-electron chi connectivity index (χ2n) is 1.74. The van der Waals surface area contributed by atoms with E-state index >= 15 is 0 Å². The van der Waals surface area contributed by atoms with Crippen molar-refractivity contribution < 1.29 is 9.50 Å². The molecule has 0 saturated heterocycles. The van der Waals surface area contributed by atoms with Crippen molar-refractivity contribution in [3.8, 4) is 5.75 Å². The Hall–Kier alpha value is -0.640. The lowest BCUT2D eigenvalue weighted by Crippen LogP contribution is -1.86. The maximum absolute atomic E-state index is 12.4. The van der Waals surface area contributed by atoms with Crippen molar-refractivity contribution in [3.63, 3.8) is 0 Å². The van der Waals surface area contributed by atoms with E-state index in [0.717, 1.165) is 0 Å². The summed E-state index contributed by atoms with van der Waals surface area (Å²) in [6.45, 7) is 0. The highest BCUT2D eigenvalue weighted by Gasteiger charge is 2.04. The Labute approximate surface area is 65.8 Å². The number of aromatic nitrogens is 1. The number of hydrogen-bond donors (Lipinski definition) is 1. The molecule has 1 aromatic heterocycles. The molecule has 2 nitrogen and oxygen atoms in total. The summed E-state index contributed by atoms with van der Waals surface area (Å²) in [4.78, 5) is 3.25. The molecule has 4 heteroatoms. The van der Waals surface area contributed by atoms with Gasteiger partial charge in [0.15, 0.2) is 5.75 Å². The summed E-state index contributed by atoms with van der Waals surface area (Å²) in [6.07, 6.45) is 1.31. The van der Waals surface area contributed by atoms with Crippen LogP contribution in [0.3, 0.4) is 0 Å². The van der Waals surface area contributed by atoms with E-state index in [1.165, 1.54) is 6.20 Å². The molecule has 0 fully saturated rings. The van der Waals surface area contributed by atoms with Crippen LogP contribution in [0.1, 0.15) is 5.56 Å². The molecule has 0 unspecified atom stereocenters. The van der Waals surface area contributed by atoms with Gasteiger partial charge in [0.2, 0.25) is 0 Å². The summed E-state index contributed by atoms with van der Waals surface area (Å²) in [5.41, 5.74) is 0.507. The first-order valence-electron chi connectivity index (χ1n) is 2.64. The molecule has 1 heterocycles. The van der Waals surface area contributed by atoms with Gasteiger partial charge in [-0.25, -0.2) is 4.98 Å². The van der Waals surface area contributed by atoms with Gasteiger partial charge in [0, 0.05) is 17.1 Å². The van der Waals surface area contributed by atoms with Crippen molar-refractivity contribution in [2.24, 2.45) is 0 Å². The molecule has 1 aromatic rings. The summed E-state index contributed by atoms with van der Waals surface area (Å²) in [7, 11) is 0. The lowest BCUT2D eigenvalue weighted by atomic mass is 10.3. The minimum absolute atomic E-state index is 0.376. The highest BCUT2D eigenvalue weighted by atomic mass is 79.9. The van der Waals surface area contributed by atoms with Crippen LogP contribution in [0.5, 0.6) is 5.75 Å². The number of alkyl halides is 1. The summed E-state index contributed by atoms with van der Waals surface area (Å²) >= 11 is 3.09. The van der Waals surface area contributed by atoms with Gasteiger partial charge in [0.1, 0.15) is 0 Å². The molecule has 0 bridgehead atoms. The third-order valence-corrected chi connectivity index (χ3v) is 1.71. The van der Waals surface area contributed by atoms with E-state index in [9.17, 15) is 4.39 Å².